The monoisotopic (exact) mass is 1470 g/mol. The van der Waals surface area contributed by atoms with Gasteiger partial charge in [-0.15, -0.1) is 0 Å². The van der Waals surface area contributed by atoms with Crippen LogP contribution in [0.5, 0.6) is 0 Å². The van der Waals surface area contributed by atoms with Crippen molar-refractivity contribution >= 4 is 39.5 Å². The molecule has 3 N–H and O–H groups in total. The van der Waals surface area contributed by atoms with Crippen molar-refractivity contribution in [1.29, 1.82) is 0 Å². The first kappa shape index (κ1) is 97.2. The molecule has 17 nitrogen and oxygen atoms in total. The number of phosphoric ester groups is 2. The zero-order valence-corrected chi connectivity index (χ0v) is 65.5. The van der Waals surface area contributed by atoms with Crippen LogP contribution in [0.1, 0.15) is 310 Å². The average molecular weight is 1470 g/mol. The first-order chi connectivity index (χ1) is 49.7. The summed E-state index contributed by atoms with van der Waals surface area (Å²) >= 11 is 0. The summed E-state index contributed by atoms with van der Waals surface area (Å²) in [6.07, 6.45) is 83.0. The van der Waals surface area contributed by atoms with E-state index in [4.69, 9.17) is 37.0 Å². The van der Waals surface area contributed by atoms with Crippen molar-refractivity contribution in [3.63, 3.8) is 0 Å². The third-order valence-electron chi connectivity index (χ3n) is 16.1. The van der Waals surface area contributed by atoms with Crippen LogP contribution >= 0.6 is 15.6 Å². The summed E-state index contributed by atoms with van der Waals surface area (Å²) in [4.78, 5) is 72.9. The molecule has 0 rings (SSSR count). The zero-order valence-electron chi connectivity index (χ0n) is 63.7. The molecule has 0 aliphatic carbocycles. The van der Waals surface area contributed by atoms with Crippen molar-refractivity contribution in [2.24, 2.45) is 0 Å². The van der Waals surface area contributed by atoms with Gasteiger partial charge in [-0.05, 0) is 135 Å². The molecule has 19 heteroatoms. The fourth-order valence-electron chi connectivity index (χ4n) is 10.1. The number of phosphoric acid groups is 2. The molecule has 0 saturated heterocycles. The lowest BCUT2D eigenvalue weighted by molar-refractivity contribution is -0.161. The van der Waals surface area contributed by atoms with Gasteiger partial charge in [-0.2, -0.15) is 0 Å². The van der Waals surface area contributed by atoms with Gasteiger partial charge in [0.05, 0.1) is 26.4 Å². The minimum absolute atomic E-state index is 0.0737. The summed E-state index contributed by atoms with van der Waals surface area (Å²) in [6, 6.07) is 0. The number of hydrogen-bond acceptors (Lipinski definition) is 15. The van der Waals surface area contributed by atoms with Crippen molar-refractivity contribution in [3.8, 4) is 0 Å². The van der Waals surface area contributed by atoms with E-state index in [0.717, 1.165) is 167 Å². The number of rotatable bonds is 73. The number of carbonyl (C=O) groups excluding carboxylic acids is 4. The Bertz CT molecular complexity index is 2460. The molecule has 0 fully saturated rings. The van der Waals surface area contributed by atoms with Gasteiger partial charge in [-0.25, -0.2) is 9.13 Å². The van der Waals surface area contributed by atoms with Crippen LogP contribution in [0, 0.1) is 0 Å². The molecule has 102 heavy (non-hydrogen) atoms. The molecule has 0 aromatic heterocycles. The zero-order chi connectivity index (χ0) is 74.6. The SMILES string of the molecule is CC/C=C\C/C=C\C/C=C\C/C=C\C/C=C\CCCCCC(=O)OCC(COP(=O)(O)OCC(O)COP(=O)(O)OCC(COC(=O)CCCCC/C=C\C/C=C\C/C=C\C/C=C\C/C=C\CC)OC(=O)CCCCCCCCCCCCCCC)OC(=O)CCCCCCC/C=C\CCCC. The molecule has 0 spiro atoms. The van der Waals surface area contributed by atoms with Gasteiger partial charge in [0.2, 0.25) is 0 Å². The molecule has 5 atom stereocenters. The average Bonchev–Trinajstić information content (AvgIpc) is 0.928. The van der Waals surface area contributed by atoms with E-state index in [1.165, 1.54) is 64.2 Å². The molecular weight excluding hydrogens is 1330 g/mol. The Balaban J connectivity index is 5.36. The van der Waals surface area contributed by atoms with Crippen LogP contribution in [-0.4, -0.2) is 96.7 Å². The fourth-order valence-corrected chi connectivity index (χ4v) is 11.7. The molecule has 0 amide bonds. The van der Waals surface area contributed by atoms with E-state index in [-0.39, 0.29) is 25.7 Å². The normalized spacial score (nSPS) is 14.6. The molecular formula is C83H140O17P2. The maximum atomic E-state index is 13.1. The lowest BCUT2D eigenvalue weighted by atomic mass is 10.0. The number of aliphatic hydroxyl groups is 1. The second-order valence-electron chi connectivity index (χ2n) is 25.9. The van der Waals surface area contributed by atoms with Gasteiger partial charge in [-0.3, -0.25) is 37.3 Å². The van der Waals surface area contributed by atoms with Crippen molar-refractivity contribution in [2.75, 3.05) is 39.6 Å². The maximum absolute atomic E-state index is 13.1. The van der Waals surface area contributed by atoms with Crippen LogP contribution in [0.15, 0.2) is 134 Å². The van der Waals surface area contributed by atoms with Gasteiger partial charge < -0.3 is 33.8 Å². The van der Waals surface area contributed by atoms with Crippen molar-refractivity contribution < 1.29 is 80.2 Å². The highest BCUT2D eigenvalue weighted by molar-refractivity contribution is 7.47. The van der Waals surface area contributed by atoms with E-state index in [2.05, 4.69) is 161 Å². The highest BCUT2D eigenvalue weighted by atomic mass is 31.2. The van der Waals surface area contributed by atoms with Crippen molar-refractivity contribution in [2.45, 2.75) is 329 Å². The van der Waals surface area contributed by atoms with Crippen LogP contribution < -0.4 is 0 Å². The predicted octanol–water partition coefficient (Wildman–Crippen LogP) is 22.9. The largest absolute Gasteiger partial charge is 0.472 e. The number of allylic oxidation sites excluding steroid dienone is 22. The van der Waals surface area contributed by atoms with Crippen LogP contribution in [0.2, 0.25) is 0 Å². The number of ether oxygens (including phenoxy) is 4. The number of aliphatic hydroxyl groups excluding tert-OH is 1. The Morgan fingerprint density at radius 3 is 0.833 bits per heavy atom. The highest BCUT2D eigenvalue weighted by Gasteiger charge is 2.30. The summed E-state index contributed by atoms with van der Waals surface area (Å²) in [6.45, 7) is 4.53. The lowest BCUT2D eigenvalue weighted by Crippen LogP contribution is -2.30. The molecule has 0 aromatic rings. The maximum Gasteiger partial charge on any atom is 0.472 e. The molecule has 0 aliphatic rings. The van der Waals surface area contributed by atoms with Gasteiger partial charge in [-0.1, -0.05) is 283 Å². The molecule has 0 aromatic carbocycles. The lowest BCUT2D eigenvalue weighted by Gasteiger charge is -2.21. The Hall–Kier alpha value is -4.80. The molecule has 584 valence electrons. The molecule has 0 heterocycles. The second kappa shape index (κ2) is 74.5. The van der Waals surface area contributed by atoms with Gasteiger partial charge >= 0.3 is 39.5 Å². The first-order valence-electron chi connectivity index (χ1n) is 39.4. The minimum atomic E-state index is -4.99. The summed E-state index contributed by atoms with van der Waals surface area (Å²) in [5, 5.41) is 10.6. The Morgan fingerprint density at radius 1 is 0.284 bits per heavy atom. The van der Waals surface area contributed by atoms with Gasteiger partial charge in [0, 0.05) is 25.7 Å². The third kappa shape index (κ3) is 73.5. The standard InChI is InChI=1S/C83H140O17P2/c1-5-9-13-17-21-25-29-32-34-36-38-40-42-45-48-51-55-59-63-67-80(85)93-73-78(99-82(87)69-65-61-57-53-47-28-24-20-16-12-8-4)75-97-101(89,90)95-71-77(84)72-96-102(91,92)98-76-79(100-83(88)70-66-62-58-54-50-44-31-27-23-19-15-11-7-3)74-94-81(86)68-64-60-56-52-49-46-43-41-39-37-35-33-30-26-22-18-14-10-6-2/h9-10,13-14,20-22,24-26,32-35,38-41,45-46,48-49,77-79,84H,5-8,11-12,15-19,23,27-31,36-37,42-44,47,50-76H2,1-4H3,(H,89,90)(H,91,92)/b13-9-,14-10-,24-20-,25-21-,26-22-,34-32-,35-33-,40-38-,41-39-,48-45-,49-46-. The molecule has 5 unspecified atom stereocenters. The predicted molar refractivity (Wildman–Crippen MR) is 418 cm³/mol. The molecule has 0 aliphatic heterocycles. The minimum Gasteiger partial charge on any atom is -0.462 e. The van der Waals surface area contributed by atoms with E-state index in [1.807, 2.05) is 0 Å². The van der Waals surface area contributed by atoms with E-state index in [1.54, 1.807) is 0 Å². The summed E-state index contributed by atoms with van der Waals surface area (Å²) in [5.41, 5.74) is 0. The van der Waals surface area contributed by atoms with Gasteiger partial charge in [0.1, 0.15) is 19.3 Å². The van der Waals surface area contributed by atoms with Crippen LogP contribution in [-0.2, 0) is 65.4 Å². The highest BCUT2D eigenvalue weighted by Crippen LogP contribution is 2.45. The molecule has 0 bridgehead atoms. The van der Waals surface area contributed by atoms with Crippen molar-refractivity contribution in [1.82, 2.24) is 0 Å². The molecule has 0 saturated carbocycles. The Morgan fingerprint density at radius 2 is 0.520 bits per heavy atom. The van der Waals surface area contributed by atoms with Gasteiger partial charge in [0.25, 0.3) is 0 Å². The number of carbonyl (C=O) groups is 4. The van der Waals surface area contributed by atoms with E-state index < -0.39 is 97.5 Å². The van der Waals surface area contributed by atoms with Crippen LogP contribution in [0.25, 0.3) is 0 Å². The number of unbranched alkanes of at least 4 members (excludes halogenated alkanes) is 25. The van der Waals surface area contributed by atoms with E-state index >= 15 is 0 Å². The van der Waals surface area contributed by atoms with Crippen molar-refractivity contribution in [3.05, 3.63) is 134 Å². The summed E-state index contributed by atoms with van der Waals surface area (Å²) in [5.74, 6) is -2.25. The topological polar surface area (TPSA) is 237 Å². The first-order valence-corrected chi connectivity index (χ1v) is 42.4. The van der Waals surface area contributed by atoms with E-state index in [9.17, 15) is 43.2 Å². The molecule has 0 radical (unpaired) electrons. The second-order valence-corrected chi connectivity index (χ2v) is 28.8. The van der Waals surface area contributed by atoms with E-state index in [0.29, 0.717) is 25.7 Å². The van der Waals surface area contributed by atoms with Gasteiger partial charge in [0.15, 0.2) is 12.2 Å². The quantitative estimate of drug-likeness (QED) is 0.0169. The summed E-state index contributed by atoms with van der Waals surface area (Å²) in [7, 11) is -9.97. The number of esters is 4. The smallest absolute Gasteiger partial charge is 0.462 e. The third-order valence-corrected chi connectivity index (χ3v) is 18.0. The van der Waals surface area contributed by atoms with Crippen LogP contribution in [0.4, 0.5) is 0 Å². The Labute approximate surface area is 618 Å². The number of hydrogen-bond donors (Lipinski definition) is 3. The fraction of sp³-hybridized carbons (Fsp3) is 0.687. The van der Waals surface area contributed by atoms with Crippen LogP contribution in [0.3, 0.4) is 0 Å². The Kier molecular flexibility index (Phi) is 71.0. The summed E-state index contributed by atoms with van der Waals surface area (Å²) < 4.78 is 68.5.